The first-order valence-electron chi connectivity index (χ1n) is 26.7. The quantitative estimate of drug-likeness (QED) is 0.0324. The Morgan fingerprint density at radius 2 is 0.969 bits per heavy atom. The predicted molar refractivity (Wildman–Crippen MR) is 259 cm³/mol. The van der Waals surface area contributed by atoms with Crippen molar-refractivity contribution in [3.63, 3.8) is 0 Å². The number of nitrogens with zero attached hydrogens (tertiary/aromatic N) is 1. The van der Waals surface area contributed by atoms with E-state index in [0.717, 1.165) is 38.5 Å². The molecule has 1 saturated heterocycles. The third-order valence-corrected chi connectivity index (χ3v) is 13.0. The molecule has 0 aromatic carbocycles. The van der Waals surface area contributed by atoms with Crippen molar-refractivity contribution in [1.82, 2.24) is 15.5 Å². The Morgan fingerprint density at radius 1 is 0.562 bits per heavy atom. The molecule has 0 bridgehead atoms. The second-order valence-electron chi connectivity index (χ2n) is 19.5. The van der Waals surface area contributed by atoms with Gasteiger partial charge < -0.3 is 40.7 Å². The summed E-state index contributed by atoms with van der Waals surface area (Å²) in [4.78, 5) is 53.4. The van der Waals surface area contributed by atoms with Gasteiger partial charge in [0, 0.05) is 19.4 Å². The number of ether oxygens (including phenoxy) is 1. The van der Waals surface area contributed by atoms with Crippen molar-refractivity contribution in [2.24, 2.45) is 5.92 Å². The topological polar surface area (TPSA) is 186 Å². The van der Waals surface area contributed by atoms with Gasteiger partial charge in [-0.25, -0.2) is 0 Å². The van der Waals surface area contributed by atoms with Gasteiger partial charge in [0.25, 0.3) is 0 Å². The monoisotopic (exact) mass is 910 g/mol. The maximum absolute atomic E-state index is 14.2. The minimum atomic E-state index is -1.57. The van der Waals surface area contributed by atoms with Crippen molar-refractivity contribution in [2.45, 2.75) is 289 Å². The van der Waals surface area contributed by atoms with Crippen LogP contribution in [0.2, 0.25) is 0 Å². The molecule has 0 radical (unpaired) electrons. The highest BCUT2D eigenvalue weighted by atomic mass is 16.5. The van der Waals surface area contributed by atoms with Gasteiger partial charge in [-0.1, -0.05) is 214 Å². The zero-order valence-corrected chi connectivity index (χ0v) is 41.5. The molecule has 1 rings (SSSR count). The molecule has 12 nitrogen and oxygen atoms in total. The van der Waals surface area contributed by atoms with Gasteiger partial charge in [-0.15, -0.1) is 0 Å². The second kappa shape index (κ2) is 39.8. The second-order valence-corrected chi connectivity index (χ2v) is 19.5. The van der Waals surface area contributed by atoms with Crippen molar-refractivity contribution < 1.29 is 44.3 Å². The van der Waals surface area contributed by atoms with E-state index in [4.69, 9.17) is 9.84 Å². The maximum atomic E-state index is 14.2. The van der Waals surface area contributed by atoms with Gasteiger partial charge in [-0.3, -0.25) is 19.2 Å². The summed E-state index contributed by atoms with van der Waals surface area (Å²) in [6.45, 7) is 8.02. The summed E-state index contributed by atoms with van der Waals surface area (Å²) in [6.07, 6.45) is 32.2. The highest BCUT2D eigenvalue weighted by Crippen LogP contribution is 2.27. The van der Waals surface area contributed by atoms with Crippen LogP contribution in [0.1, 0.15) is 252 Å². The molecule has 3 amide bonds. The number of aliphatic carboxylic acids is 1. The molecule has 1 aliphatic rings. The average molecular weight is 910 g/mol. The molecular weight excluding hydrogens is 811 g/mol. The molecular formula is C52H99N3O9. The van der Waals surface area contributed by atoms with E-state index in [1.807, 2.05) is 13.8 Å². The first-order valence-corrected chi connectivity index (χ1v) is 26.7. The minimum Gasteiger partial charge on any atom is -0.481 e. The van der Waals surface area contributed by atoms with Crippen molar-refractivity contribution >= 4 is 23.7 Å². The molecule has 0 spiro atoms. The normalized spacial score (nSPS) is 19.2. The van der Waals surface area contributed by atoms with Crippen LogP contribution in [0.3, 0.4) is 0 Å². The number of amides is 3. The van der Waals surface area contributed by atoms with Crippen LogP contribution in [-0.2, 0) is 23.9 Å². The lowest BCUT2D eigenvalue weighted by Gasteiger charge is -2.47. The van der Waals surface area contributed by atoms with Crippen LogP contribution in [0, 0.1) is 5.92 Å². The van der Waals surface area contributed by atoms with E-state index in [2.05, 4.69) is 24.5 Å². The van der Waals surface area contributed by atoms with Crippen molar-refractivity contribution in [3.05, 3.63) is 0 Å². The Labute approximate surface area is 390 Å². The summed E-state index contributed by atoms with van der Waals surface area (Å²) in [7, 11) is 0. The maximum Gasteiger partial charge on any atom is 0.303 e. The molecule has 12 heteroatoms. The lowest BCUT2D eigenvalue weighted by Crippen LogP contribution is -2.70. The molecule has 0 aromatic rings. The lowest BCUT2D eigenvalue weighted by molar-refractivity contribution is -0.231. The van der Waals surface area contributed by atoms with Crippen LogP contribution in [0.4, 0.5) is 0 Å². The van der Waals surface area contributed by atoms with Crippen LogP contribution in [0.25, 0.3) is 0 Å². The van der Waals surface area contributed by atoms with E-state index in [1.165, 1.54) is 148 Å². The fourth-order valence-electron chi connectivity index (χ4n) is 8.99. The number of carbonyl (C=O) groups excluding carboxylic acids is 3. The number of carbonyl (C=O) groups is 4. The Balaban J connectivity index is 2.87. The van der Waals surface area contributed by atoms with Gasteiger partial charge in [0.15, 0.2) is 6.23 Å². The SMILES string of the molecule is CCCCCCCCCCCCCCCCCCN(C(=O)CCCCCCCCCCCCCCCCC)[C@@H]1O[C@H](CO)[C@@H](O)[C@H](O)[C@@H]1NC(=O)[C@H](CC(C)C)NC(=O)CCC(=O)O. The molecule has 6 atom stereocenters. The van der Waals surface area contributed by atoms with Gasteiger partial charge in [-0.05, 0) is 25.2 Å². The molecule has 1 aliphatic heterocycles. The van der Waals surface area contributed by atoms with Crippen LogP contribution < -0.4 is 10.6 Å². The summed E-state index contributed by atoms with van der Waals surface area (Å²) < 4.78 is 6.21. The van der Waals surface area contributed by atoms with Crippen LogP contribution in [0.5, 0.6) is 0 Å². The first-order chi connectivity index (χ1) is 31.0. The van der Waals surface area contributed by atoms with Gasteiger partial charge in [-0.2, -0.15) is 0 Å². The molecule has 1 fully saturated rings. The third kappa shape index (κ3) is 29.4. The highest BCUT2D eigenvalue weighted by Gasteiger charge is 2.48. The number of unbranched alkanes of at least 4 members (excludes halogenated alkanes) is 29. The molecule has 376 valence electrons. The minimum absolute atomic E-state index is 0.0221. The van der Waals surface area contributed by atoms with E-state index >= 15 is 0 Å². The number of rotatable bonds is 43. The van der Waals surface area contributed by atoms with E-state index in [1.54, 1.807) is 4.90 Å². The average Bonchev–Trinajstić information content (AvgIpc) is 3.26. The Kier molecular flexibility index (Phi) is 37.2. The number of carboxylic acids is 1. The number of aliphatic hydroxyl groups excluding tert-OH is 3. The predicted octanol–water partition coefficient (Wildman–Crippen LogP) is 10.7. The van der Waals surface area contributed by atoms with Gasteiger partial charge in [0.1, 0.15) is 30.4 Å². The molecule has 1 heterocycles. The number of carboxylic acid groups (broad SMARTS) is 1. The zero-order chi connectivity index (χ0) is 47.2. The van der Waals surface area contributed by atoms with Gasteiger partial charge in [0.05, 0.1) is 13.0 Å². The number of hydrogen-bond acceptors (Lipinski definition) is 8. The standard InChI is InChI=1S/C52H99N3O9/c1-5-7-9-11-13-15-17-19-21-23-25-27-29-31-33-35-39-55(46(58)36-34-32-30-28-26-24-22-20-18-16-14-12-10-8-6-2)52-48(50(62)49(61)44(41-56)64-52)54-51(63)43(40-42(3)4)53-45(57)37-38-47(59)60/h42-44,48-50,52,56,61-62H,5-41H2,1-4H3,(H,53,57)(H,54,63)(H,59,60)/t43-,44+,48-,49+,50+,52+/m0/s1. The van der Waals surface area contributed by atoms with Crippen LogP contribution in [0.15, 0.2) is 0 Å². The number of hydrogen-bond donors (Lipinski definition) is 6. The summed E-state index contributed by atoms with van der Waals surface area (Å²) in [5.41, 5.74) is 0. The summed E-state index contributed by atoms with van der Waals surface area (Å²) in [6, 6.07) is -2.30. The van der Waals surface area contributed by atoms with Gasteiger partial charge >= 0.3 is 5.97 Å². The molecule has 0 aromatic heterocycles. The fraction of sp³-hybridized carbons (Fsp3) is 0.923. The van der Waals surface area contributed by atoms with Crippen LogP contribution >= 0.6 is 0 Å². The Bertz CT molecular complexity index is 1170. The largest absolute Gasteiger partial charge is 0.481 e. The van der Waals surface area contributed by atoms with E-state index in [0.29, 0.717) is 19.4 Å². The van der Waals surface area contributed by atoms with Crippen molar-refractivity contribution in [1.29, 1.82) is 0 Å². The smallest absolute Gasteiger partial charge is 0.303 e. The van der Waals surface area contributed by atoms with E-state index < -0.39 is 61.0 Å². The van der Waals surface area contributed by atoms with E-state index in [9.17, 15) is 34.5 Å². The third-order valence-electron chi connectivity index (χ3n) is 13.0. The summed E-state index contributed by atoms with van der Waals surface area (Å²) in [5.74, 6) is -2.55. The zero-order valence-electron chi connectivity index (χ0n) is 41.5. The molecule has 6 N–H and O–H groups in total. The van der Waals surface area contributed by atoms with Gasteiger partial charge in [0.2, 0.25) is 17.7 Å². The number of nitrogens with one attached hydrogen (secondary N) is 2. The first kappa shape index (κ1) is 59.7. The molecule has 0 saturated carbocycles. The van der Waals surface area contributed by atoms with Crippen LogP contribution in [-0.4, -0.2) is 98.8 Å². The number of aliphatic hydroxyl groups is 3. The lowest BCUT2D eigenvalue weighted by atomic mass is 9.94. The molecule has 0 unspecified atom stereocenters. The van der Waals surface area contributed by atoms with E-state index in [-0.39, 0.29) is 37.5 Å². The van der Waals surface area contributed by atoms with Crippen molar-refractivity contribution in [3.8, 4) is 0 Å². The highest BCUT2D eigenvalue weighted by molar-refractivity contribution is 5.89. The fourth-order valence-corrected chi connectivity index (χ4v) is 8.99. The molecule has 0 aliphatic carbocycles. The Hall–Kier alpha value is -2.28. The van der Waals surface area contributed by atoms with Crippen molar-refractivity contribution in [2.75, 3.05) is 13.2 Å². The summed E-state index contributed by atoms with van der Waals surface area (Å²) >= 11 is 0. The molecule has 64 heavy (non-hydrogen) atoms. The Morgan fingerprint density at radius 3 is 1.36 bits per heavy atom. The summed E-state index contributed by atoms with van der Waals surface area (Å²) in [5, 5.41) is 47.1.